The zero-order valence-electron chi connectivity index (χ0n) is 10.7. The zero-order chi connectivity index (χ0) is 13.0. The zero-order valence-corrected chi connectivity index (χ0v) is 13.1. The van der Waals surface area contributed by atoms with Gasteiger partial charge in [-0.3, -0.25) is 0 Å². The highest BCUT2D eigenvalue weighted by Crippen LogP contribution is 2.31. The molecule has 0 spiro atoms. The van der Waals surface area contributed by atoms with Gasteiger partial charge in [-0.05, 0) is 52.7 Å². The summed E-state index contributed by atoms with van der Waals surface area (Å²) in [5.74, 6) is 0. The molecular formula is C15H18BrNS. The van der Waals surface area contributed by atoms with Crippen molar-refractivity contribution in [3.05, 3.63) is 56.2 Å². The number of hydrogen-bond acceptors (Lipinski definition) is 2. The molecule has 1 atom stereocenters. The molecule has 0 aliphatic carbocycles. The van der Waals surface area contributed by atoms with E-state index in [-0.39, 0.29) is 6.04 Å². The van der Waals surface area contributed by atoms with E-state index in [0.29, 0.717) is 0 Å². The smallest absolute Gasteiger partial charge is 0.0702 e. The van der Waals surface area contributed by atoms with Gasteiger partial charge in [-0.1, -0.05) is 37.6 Å². The van der Waals surface area contributed by atoms with Gasteiger partial charge in [0.05, 0.1) is 9.83 Å². The normalized spacial score (nSPS) is 12.6. The number of aryl methyl sites for hydroxylation is 1. The predicted molar refractivity (Wildman–Crippen MR) is 83.4 cm³/mol. The number of benzene rings is 1. The maximum Gasteiger partial charge on any atom is 0.0702 e. The molecule has 0 aliphatic rings. The molecule has 0 bridgehead atoms. The van der Waals surface area contributed by atoms with E-state index < -0.39 is 0 Å². The Morgan fingerprint density at radius 1 is 1.28 bits per heavy atom. The van der Waals surface area contributed by atoms with Gasteiger partial charge < -0.3 is 5.32 Å². The van der Waals surface area contributed by atoms with E-state index >= 15 is 0 Å². The first-order valence-electron chi connectivity index (χ1n) is 6.26. The standard InChI is InChI=1S/C15H18BrNS/c1-3-5-11-6-4-7-12(10-11)15(17-2)13-8-9-14(16)18-13/h4,6-10,15,17H,3,5H2,1-2H3. The van der Waals surface area contributed by atoms with Crippen molar-refractivity contribution in [2.45, 2.75) is 25.8 Å². The lowest BCUT2D eigenvalue weighted by Crippen LogP contribution is -2.16. The van der Waals surface area contributed by atoms with Crippen molar-refractivity contribution >= 4 is 27.3 Å². The fourth-order valence-electron chi connectivity index (χ4n) is 2.17. The van der Waals surface area contributed by atoms with Crippen LogP contribution in [0.15, 0.2) is 40.2 Å². The molecule has 0 amide bonds. The Bertz CT molecular complexity index is 507. The lowest BCUT2D eigenvalue weighted by atomic mass is 10.0. The number of thiophene rings is 1. The third kappa shape index (κ3) is 3.22. The van der Waals surface area contributed by atoms with E-state index in [1.807, 2.05) is 7.05 Å². The van der Waals surface area contributed by atoms with E-state index in [0.717, 1.165) is 6.42 Å². The monoisotopic (exact) mass is 323 g/mol. The third-order valence-electron chi connectivity index (χ3n) is 2.99. The Morgan fingerprint density at radius 2 is 2.11 bits per heavy atom. The minimum Gasteiger partial charge on any atom is -0.309 e. The summed E-state index contributed by atoms with van der Waals surface area (Å²) in [5, 5.41) is 3.41. The second-order valence-electron chi connectivity index (χ2n) is 4.36. The molecule has 0 saturated heterocycles. The van der Waals surface area contributed by atoms with Gasteiger partial charge in [-0.15, -0.1) is 11.3 Å². The number of rotatable bonds is 5. The van der Waals surface area contributed by atoms with Crippen LogP contribution < -0.4 is 5.32 Å². The highest BCUT2D eigenvalue weighted by Gasteiger charge is 2.14. The topological polar surface area (TPSA) is 12.0 Å². The van der Waals surface area contributed by atoms with Crippen LogP contribution in [-0.4, -0.2) is 7.05 Å². The Labute approximate surface area is 121 Å². The van der Waals surface area contributed by atoms with E-state index in [4.69, 9.17) is 0 Å². The molecule has 0 aliphatic heterocycles. The second-order valence-corrected chi connectivity index (χ2v) is 6.85. The fourth-order valence-corrected chi connectivity index (χ4v) is 3.74. The van der Waals surface area contributed by atoms with Crippen molar-refractivity contribution < 1.29 is 0 Å². The van der Waals surface area contributed by atoms with Crippen molar-refractivity contribution in [2.75, 3.05) is 7.05 Å². The summed E-state index contributed by atoms with van der Waals surface area (Å²) in [6.45, 7) is 2.22. The molecule has 1 nitrogen and oxygen atoms in total. The van der Waals surface area contributed by atoms with Gasteiger partial charge >= 0.3 is 0 Å². The van der Waals surface area contributed by atoms with E-state index in [2.05, 4.69) is 64.6 Å². The van der Waals surface area contributed by atoms with Crippen LogP contribution in [0.5, 0.6) is 0 Å². The van der Waals surface area contributed by atoms with Gasteiger partial charge in [0, 0.05) is 4.88 Å². The molecule has 0 fully saturated rings. The lowest BCUT2D eigenvalue weighted by molar-refractivity contribution is 0.702. The highest BCUT2D eigenvalue weighted by molar-refractivity contribution is 9.11. The van der Waals surface area contributed by atoms with Gasteiger partial charge in [0.15, 0.2) is 0 Å². The van der Waals surface area contributed by atoms with Crippen molar-refractivity contribution in [2.24, 2.45) is 0 Å². The van der Waals surface area contributed by atoms with Crippen LogP contribution in [0, 0.1) is 0 Å². The average molecular weight is 324 g/mol. The van der Waals surface area contributed by atoms with E-state index in [1.54, 1.807) is 11.3 Å². The molecule has 1 N–H and O–H groups in total. The largest absolute Gasteiger partial charge is 0.309 e. The molecule has 2 aromatic rings. The van der Waals surface area contributed by atoms with Crippen LogP contribution in [0.2, 0.25) is 0 Å². The van der Waals surface area contributed by atoms with Crippen LogP contribution in [0.1, 0.15) is 35.4 Å². The Kier molecular flexibility index (Phi) is 4.98. The maximum absolute atomic E-state index is 3.53. The Balaban J connectivity index is 2.29. The minimum absolute atomic E-state index is 0.290. The van der Waals surface area contributed by atoms with Crippen LogP contribution in [0.25, 0.3) is 0 Å². The van der Waals surface area contributed by atoms with Gasteiger partial charge in [0.1, 0.15) is 0 Å². The molecular weight excluding hydrogens is 306 g/mol. The Morgan fingerprint density at radius 3 is 2.72 bits per heavy atom. The number of nitrogens with one attached hydrogen (secondary N) is 1. The van der Waals surface area contributed by atoms with Crippen molar-refractivity contribution in [1.29, 1.82) is 0 Å². The van der Waals surface area contributed by atoms with Crippen LogP contribution in [0.4, 0.5) is 0 Å². The fraction of sp³-hybridized carbons (Fsp3) is 0.333. The molecule has 0 saturated carbocycles. The van der Waals surface area contributed by atoms with Gasteiger partial charge in [0.2, 0.25) is 0 Å². The van der Waals surface area contributed by atoms with Crippen LogP contribution in [-0.2, 0) is 6.42 Å². The molecule has 2 rings (SSSR count). The minimum atomic E-state index is 0.290. The molecule has 1 aromatic heterocycles. The summed E-state index contributed by atoms with van der Waals surface area (Å²) in [4.78, 5) is 1.35. The summed E-state index contributed by atoms with van der Waals surface area (Å²) in [6, 6.07) is 13.5. The molecule has 0 radical (unpaired) electrons. The van der Waals surface area contributed by atoms with Crippen molar-refractivity contribution in [1.82, 2.24) is 5.32 Å². The maximum atomic E-state index is 3.53. The van der Waals surface area contributed by atoms with Crippen molar-refractivity contribution in [3.63, 3.8) is 0 Å². The number of hydrogen-bond donors (Lipinski definition) is 1. The van der Waals surface area contributed by atoms with E-state index in [1.165, 1.54) is 26.2 Å². The summed E-state index contributed by atoms with van der Waals surface area (Å²) in [7, 11) is 2.02. The van der Waals surface area contributed by atoms with Gasteiger partial charge in [0.25, 0.3) is 0 Å². The predicted octanol–water partition coefficient (Wildman–Crippen LogP) is 4.77. The first-order valence-corrected chi connectivity index (χ1v) is 7.87. The highest BCUT2D eigenvalue weighted by atomic mass is 79.9. The summed E-state index contributed by atoms with van der Waals surface area (Å²) in [6.07, 6.45) is 2.34. The molecule has 18 heavy (non-hydrogen) atoms. The summed E-state index contributed by atoms with van der Waals surface area (Å²) < 4.78 is 1.18. The molecule has 1 unspecified atom stereocenters. The molecule has 96 valence electrons. The van der Waals surface area contributed by atoms with Crippen LogP contribution in [0.3, 0.4) is 0 Å². The van der Waals surface area contributed by atoms with Crippen molar-refractivity contribution in [3.8, 4) is 0 Å². The number of halogens is 1. The first-order chi connectivity index (χ1) is 8.74. The summed E-state index contributed by atoms with van der Waals surface area (Å²) in [5.41, 5.74) is 2.77. The lowest BCUT2D eigenvalue weighted by Gasteiger charge is -2.16. The average Bonchev–Trinajstić information content (AvgIpc) is 2.78. The van der Waals surface area contributed by atoms with Gasteiger partial charge in [-0.25, -0.2) is 0 Å². The SMILES string of the molecule is CCCc1cccc(C(NC)c2ccc(Br)s2)c1. The Hall–Kier alpha value is -0.640. The van der Waals surface area contributed by atoms with Crippen LogP contribution >= 0.6 is 27.3 Å². The molecule has 1 aromatic carbocycles. The quantitative estimate of drug-likeness (QED) is 0.835. The summed E-state index contributed by atoms with van der Waals surface area (Å²) >= 11 is 5.32. The van der Waals surface area contributed by atoms with Gasteiger partial charge in [-0.2, -0.15) is 0 Å². The molecule has 1 heterocycles. The van der Waals surface area contributed by atoms with E-state index in [9.17, 15) is 0 Å². The second kappa shape index (κ2) is 6.50. The first kappa shape index (κ1) is 13.8. The molecule has 3 heteroatoms. The third-order valence-corrected chi connectivity index (χ3v) is 4.68.